The normalized spacial score (nSPS) is 11.6. The Morgan fingerprint density at radius 1 is 1.07 bits per heavy atom. The largest absolute Gasteiger partial charge is 0.474 e. The Labute approximate surface area is 170 Å². The molecule has 0 atom stereocenters. The maximum Gasteiger partial charge on any atom is 0.433 e. The molecular formula is C19H17ClF3N5O. The fourth-order valence-electron chi connectivity index (χ4n) is 2.35. The summed E-state index contributed by atoms with van der Waals surface area (Å²) >= 11 is 6.18. The lowest BCUT2D eigenvalue weighted by atomic mass is 10.2. The maximum absolute atomic E-state index is 12.7. The molecule has 0 unspecified atom stereocenters. The molecule has 0 aromatic carbocycles. The fourth-order valence-corrected chi connectivity index (χ4v) is 2.56. The van der Waals surface area contributed by atoms with Crippen LogP contribution in [0.25, 0.3) is 11.4 Å². The number of rotatable bonds is 6. The first-order chi connectivity index (χ1) is 13.7. The zero-order valence-corrected chi connectivity index (χ0v) is 16.3. The van der Waals surface area contributed by atoms with Gasteiger partial charge in [-0.05, 0) is 32.0 Å². The Balaban J connectivity index is 1.67. The summed E-state index contributed by atoms with van der Waals surface area (Å²) in [5.41, 5.74) is 0.656. The highest BCUT2D eigenvalue weighted by Crippen LogP contribution is 2.29. The highest BCUT2D eigenvalue weighted by Gasteiger charge is 2.32. The van der Waals surface area contributed by atoms with Gasteiger partial charge in [0.25, 0.3) is 0 Å². The minimum absolute atomic E-state index is 0.0542. The van der Waals surface area contributed by atoms with Gasteiger partial charge in [0.15, 0.2) is 5.82 Å². The predicted octanol–water partition coefficient (Wildman–Crippen LogP) is 5.01. The zero-order chi connectivity index (χ0) is 21.0. The first kappa shape index (κ1) is 20.8. The summed E-state index contributed by atoms with van der Waals surface area (Å²) in [5.74, 6) is 0.754. The average molecular weight is 424 g/mol. The average Bonchev–Trinajstić information content (AvgIpc) is 2.68. The molecule has 152 valence electrons. The van der Waals surface area contributed by atoms with Crippen LogP contribution in [0.1, 0.15) is 25.1 Å². The van der Waals surface area contributed by atoms with Crippen LogP contribution < -0.4 is 10.1 Å². The molecule has 3 rings (SSSR count). The number of nitrogens with one attached hydrogen (secondary N) is 1. The SMILES string of the molecule is CC(C)Oc1ncc(-c2ncc(CNc3ccnc(C(F)(F)F)c3)cn2)cc1Cl. The second-order valence-corrected chi connectivity index (χ2v) is 6.78. The van der Waals surface area contributed by atoms with Crippen molar-refractivity contribution >= 4 is 17.3 Å². The first-order valence-corrected chi connectivity index (χ1v) is 9.01. The summed E-state index contributed by atoms with van der Waals surface area (Å²) in [5, 5.41) is 3.25. The lowest BCUT2D eigenvalue weighted by Crippen LogP contribution is -2.09. The van der Waals surface area contributed by atoms with Crippen molar-refractivity contribution < 1.29 is 17.9 Å². The van der Waals surface area contributed by atoms with Crippen LogP contribution in [0.2, 0.25) is 5.02 Å². The van der Waals surface area contributed by atoms with Crippen molar-refractivity contribution in [2.24, 2.45) is 0 Å². The van der Waals surface area contributed by atoms with Crippen LogP contribution in [0.4, 0.5) is 18.9 Å². The Hall–Kier alpha value is -2.94. The number of aromatic nitrogens is 4. The standard InChI is InChI=1S/C19H17ClF3N5O/c1-11(2)29-18-15(20)5-13(10-28-18)17-26-8-12(9-27-17)7-25-14-3-4-24-16(6-14)19(21,22)23/h3-6,8-11H,7H2,1-2H3,(H,24,25). The number of nitrogens with zero attached hydrogens (tertiary/aromatic N) is 4. The van der Waals surface area contributed by atoms with Crippen molar-refractivity contribution in [3.8, 4) is 17.3 Å². The smallest absolute Gasteiger partial charge is 0.433 e. The van der Waals surface area contributed by atoms with E-state index in [1.165, 1.54) is 6.07 Å². The second-order valence-electron chi connectivity index (χ2n) is 6.37. The summed E-state index contributed by atoms with van der Waals surface area (Å²) in [6.45, 7) is 4.00. The van der Waals surface area contributed by atoms with Gasteiger partial charge in [0.2, 0.25) is 5.88 Å². The number of ether oxygens (including phenoxy) is 1. The molecule has 0 aliphatic carbocycles. The van der Waals surface area contributed by atoms with E-state index in [4.69, 9.17) is 16.3 Å². The van der Waals surface area contributed by atoms with Crippen molar-refractivity contribution in [1.82, 2.24) is 19.9 Å². The lowest BCUT2D eigenvalue weighted by molar-refractivity contribution is -0.141. The Morgan fingerprint density at radius 3 is 2.41 bits per heavy atom. The van der Waals surface area contributed by atoms with E-state index in [1.54, 1.807) is 24.7 Å². The summed E-state index contributed by atoms with van der Waals surface area (Å²) in [4.78, 5) is 16.0. The molecule has 0 saturated carbocycles. The fraction of sp³-hybridized carbons (Fsp3) is 0.263. The molecular weight excluding hydrogens is 407 g/mol. The van der Waals surface area contributed by atoms with E-state index in [-0.39, 0.29) is 12.6 Å². The maximum atomic E-state index is 12.7. The highest BCUT2D eigenvalue weighted by atomic mass is 35.5. The second kappa shape index (κ2) is 8.60. The monoisotopic (exact) mass is 423 g/mol. The molecule has 0 aliphatic rings. The topological polar surface area (TPSA) is 72.8 Å². The number of alkyl halides is 3. The van der Waals surface area contributed by atoms with Gasteiger partial charge >= 0.3 is 6.18 Å². The molecule has 0 aliphatic heterocycles. The zero-order valence-electron chi connectivity index (χ0n) is 15.5. The Bertz CT molecular complexity index is 980. The summed E-state index contributed by atoms with van der Waals surface area (Å²) in [6, 6.07) is 4.07. The summed E-state index contributed by atoms with van der Waals surface area (Å²) in [7, 11) is 0. The van der Waals surface area contributed by atoms with Crippen LogP contribution in [0.15, 0.2) is 43.0 Å². The van der Waals surface area contributed by atoms with Crippen LogP contribution in [-0.4, -0.2) is 26.0 Å². The number of pyridine rings is 2. The van der Waals surface area contributed by atoms with Gasteiger partial charge in [0.05, 0.1) is 6.10 Å². The van der Waals surface area contributed by atoms with Crippen LogP contribution in [-0.2, 0) is 12.7 Å². The van der Waals surface area contributed by atoms with Gasteiger partial charge in [0, 0.05) is 48.1 Å². The molecule has 0 amide bonds. The predicted molar refractivity (Wildman–Crippen MR) is 103 cm³/mol. The van der Waals surface area contributed by atoms with Crippen molar-refractivity contribution in [3.05, 3.63) is 59.3 Å². The van der Waals surface area contributed by atoms with Crippen LogP contribution in [0, 0.1) is 0 Å². The van der Waals surface area contributed by atoms with Crippen LogP contribution >= 0.6 is 11.6 Å². The van der Waals surface area contributed by atoms with Gasteiger partial charge in [0.1, 0.15) is 10.7 Å². The first-order valence-electron chi connectivity index (χ1n) is 8.63. The van der Waals surface area contributed by atoms with Crippen molar-refractivity contribution in [1.29, 1.82) is 0 Å². The molecule has 1 N–H and O–H groups in total. The van der Waals surface area contributed by atoms with E-state index in [9.17, 15) is 13.2 Å². The van der Waals surface area contributed by atoms with Crippen molar-refractivity contribution in [2.75, 3.05) is 5.32 Å². The van der Waals surface area contributed by atoms with Gasteiger partial charge in [-0.3, -0.25) is 4.98 Å². The molecule has 3 aromatic rings. The van der Waals surface area contributed by atoms with E-state index in [0.29, 0.717) is 33.5 Å². The molecule has 3 aromatic heterocycles. The number of hydrogen-bond acceptors (Lipinski definition) is 6. The molecule has 3 heterocycles. The molecule has 0 radical (unpaired) electrons. The van der Waals surface area contributed by atoms with E-state index < -0.39 is 11.9 Å². The van der Waals surface area contributed by atoms with Gasteiger partial charge in [-0.25, -0.2) is 15.0 Å². The van der Waals surface area contributed by atoms with E-state index >= 15 is 0 Å². The van der Waals surface area contributed by atoms with E-state index in [1.807, 2.05) is 13.8 Å². The Morgan fingerprint density at radius 2 is 1.79 bits per heavy atom. The number of hydrogen-bond donors (Lipinski definition) is 1. The molecule has 6 nitrogen and oxygen atoms in total. The van der Waals surface area contributed by atoms with E-state index in [0.717, 1.165) is 12.3 Å². The molecule has 10 heteroatoms. The van der Waals surface area contributed by atoms with Crippen molar-refractivity contribution in [3.63, 3.8) is 0 Å². The quantitative estimate of drug-likeness (QED) is 0.601. The lowest BCUT2D eigenvalue weighted by Gasteiger charge is -2.11. The molecule has 0 saturated heterocycles. The van der Waals surface area contributed by atoms with Crippen LogP contribution in [0.5, 0.6) is 5.88 Å². The minimum atomic E-state index is -4.49. The summed E-state index contributed by atoms with van der Waals surface area (Å²) < 4.78 is 43.6. The third kappa shape index (κ3) is 5.54. The van der Waals surface area contributed by atoms with Gasteiger partial charge in [-0.2, -0.15) is 13.2 Å². The van der Waals surface area contributed by atoms with Gasteiger partial charge in [-0.15, -0.1) is 0 Å². The molecule has 0 fully saturated rings. The molecule has 29 heavy (non-hydrogen) atoms. The van der Waals surface area contributed by atoms with E-state index in [2.05, 4.69) is 25.3 Å². The Kier molecular flexibility index (Phi) is 6.17. The van der Waals surface area contributed by atoms with Crippen molar-refractivity contribution in [2.45, 2.75) is 32.7 Å². The third-order valence-corrected chi connectivity index (χ3v) is 3.94. The number of anilines is 1. The summed E-state index contributed by atoms with van der Waals surface area (Å²) in [6.07, 6.45) is 1.27. The van der Waals surface area contributed by atoms with Crippen LogP contribution in [0.3, 0.4) is 0 Å². The molecule has 0 bridgehead atoms. The van der Waals surface area contributed by atoms with Gasteiger partial charge < -0.3 is 10.1 Å². The number of halogens is 4. The third-order valence-electron chi connectivity index (χ3n) is 3.67. The highest BCUT2D eigenvalue weighted by molar-refractivity contribution is 6.32. The van der Waals surface area contributed by atoms with Gasteiger partial charge in [-0.1, -0.05) is 11.6 Å². The molecule has 0 spiro atoms. The minimum Gasteiger partial charge on any atom is -0.474 e.